The first-order chi connectivity index (χ1) is 6.63. The average molecular weight is 197 g/mol. The van der Waals surface area contributed by atoms with Crippen LogP contribution in [0.15, 0.2) is 12.7 Å². The third-order valence-corrected chi connectivity index (χ3v) is 2.24. The van der Waals surface area contributed by atoms with E-state index in [1.807, 2.05) is 4.90 Å². The van der Waals surface area contributed by atoms with Gasteiger partial charge >= 0.3 is 0 Å². The number of amides is 2. The summed E-state index contributed by atoms with van der Waals surface area (Å²) in [5.41, 5.74) is 5.07. The maximum atomic E-state index is 11.2. The number of piperazine rings is 1. The van der Waals surface area contributed by atoms with Gasteiger partial charge in [-0.3, -0.25) is 14.5 Å². The van der Waals surface area contributed by atoms with E-state index in [-0.39, 0.29) is 18.4 Å². The van der Waals surface area contributed by atoms with E-state index in [1.165, 1.54) is 6.08 Å². The molecule has 0 spiro atoms. The van der Waals surface area contributed by atoms with Crippen molar-refractivity contribution in [2.75, 3.05) is 32.7 Å². The Morgan fingerprint density at radius 1 is 1.29 bits per heavy atom. The van der Waals surface area contributed by atoms with Crippen LogP contribution in [0.1, 0.15) is 0 Å². The molecule has 78 valence electrons. The van der Waals surface area contributed by atoms with Crippen molar-refractivity contribution in [2.24, 2.45) is 5.73 Å². The van der Waals surface area contributed by atoms with Crippen LogP contribution >= 0.6 is 0 Å². The van der Waals surface area contributed by atoms with E-state index < -0.39 is 0 Å². The maximum Gasteiger partial charge on any atom is 0.246 e. The Hall–Kier alpha value is -1.36. The molecule has 0 saturated carbocycles. The van der Waals surface area contributed by atoms with Gasteiger partial charge in [0.15, 0.2) is 0 Å². The minimum absolute atomic E-state index is 0.0521. The molecule has 5 heteroatoms. The van der Waals surface area contributed by atoms with E-state index in [0.717, 1.165) is 0 Å². The quantitative estimate of drug-likeness (QED) is 0.578. The fourth-order valence-corrected chi connectivity index (χ4v) is 1.48. The van der Waals surface area contributed by atoms with Gasteiger partial charge in [0.1, 0.15) is 0 Å². The van der Waals surface area contributed by atoms with Crippen LogP contribution in [0.25, 0.3) is 0 Å². The summed E-state index contributed by atoms with van der Waals surface area (Å²) in [5, 5.41) is 0. The highest BCUT2D eigenvalue weighted by molar-refractivity contribution is 5.87. The van der Waals surface area contributed by atoms with Crippen LogP contribution in [0.3, 0.4) is 0 Å². The molecule has 1 fully saturated rings. The molecule has 0 unspecified atom stereocenters. The molecule has 1 rings (SSSR count). The largest absolute Gasteiger partial charge is 0.369 e. The number of hydrogen-bond donors (Lipinski definition) is 1. The molecular formula is C9H15N3O2. The smallest absolute Gasteiger partial charge is 0.246 e. The maximum absolute atomic E-state index is 11.2. The number of nitrogens with zero attached hydrogens (tertiary/aromatic N) is 2. The third-order valence-electron chi connectivity index (χ3n) is 2.24. The molecule has 0 bridgehead atoms. The topological polar surface area (TPSA) is 66.6 Å². The SMILES string of the molecule is C=CC(=O)N1CCN(CC(N)=O)CC1. The molecule has 0 atom stereocenters. The summed E-state index contributed by atoms with van der Waals surface area (Å²) >= 11 is 0. The predicted molar refractivity (Wildman–Crippen MR) is 52.4 cm³/mol. The molecule has 0 radical (unpaired) electrons. The van der Waals surface area contributed by atoms with Crippen LogP contribution < -0.4 is 5.73 Å². The number of carbonyl (C=O) groups is 2. The Morgan fingerprint density at radius 3 is 2.29 bits per heavy atom. The van der Waals surface area contributed by atoms with Crippen molar-refractivity contribution >= 4 is 11.8 Å². The van der Waals surface area contributed by atoms with Gasteiger partial charge in [0.2, 0.25) is 11.8 Å². The second-order valence-electron chi connectivity index (χ2n) is 3.27. The van der Waals surface area contributed by atoms with Crippen molar-refractivity contribution in [3.05, 3.63) is 12.7 Å². The molecule has 0 aliphatic carbocycles. The second-order valence-corrected chi connectivity index (χ2v) is 3.27. The van der Waals surface area contributed by atoms with Gasteiger partial charge in [-0.2, -0.15) is 0 Å². The Morgan fingerprint density at radius 2 is 1.86 bits per heavy atom. The predicted octanol–water partition coefficient (Wildman–Crippen LogP) is -1.20. The average Bonchev–Trinajstić information content (AvgIpc) is 2.17. The zero-order valence-electron chi connectivity index (χ0n) is 8.11. The van der Waals surface area contributed by atoms with Crippen molar-refractivity contribution in [2.45, 2.75) is 0 Å². The summed E-state index contributed by atoms with van der Waals surface area (Å²) in [4.78, 5) is 25.5. The summed E-state index contributed by atoms with van der Waals surface area (Å²) in [6, 6.07) is 0. The lowest BCUT2D eigenvalue weighted by molar-refractivity contribution is -0.128. The van der Waals surface area contributed by atoms with Gasteiger partial charge in [-0.25, -0.2) is 0 Å². The molecule has 1 heterocycles. The molecule has 0 aromatic carbocycles. The van der Waals surface area contributed by atoms with Crippen LogP contribution in [0.5, 0.6) is 0 Å². The van der Waals surface area contributed by atoms with Gasteiger partial charge < -0.3 is 10.6 Å². The number of primary amides is 1. The van der Waals surface area contributed by atoms with Crippen molar-refractivity contribution < 1.29 is 9.59 Å². The Labute approximate surface area is 83.1 Å². The summed E-state index contributed by atoms with van der Waals surface area (Å²) in [5.74, 6) is -0.378. The van der Waals surface area contributed by atoms with Gasteiger partial charge in [-0.05, 0) is 6.08 Å². The van der Waals surface area contributed by atoms with Crippen LogP contribution in [-0.2, 0) is 9.59 Å². The van der Waals surface area contributed by atoms with Crippen LogP contribution in [0.4, 0.5) is 0 Å². The molecule has 0 aromatic rings. The molecule has 1 saturated heterocycles. The number of rotatable bonds is 3. The Balaban J connectivity index is 2.34. The molecule has 1 aliphatic heterocycles. The van der Waals surface area contributed by atoms with Gasteiger partial charge in [-0.15, -0.1) is 0 Å². The lowest BCUT2D eigenvalue weighted by atomic mass is 10.3. The fourth-order valence-electron chi connectivity index (χ4n) is 1.48. The Bertz CT molecular complexity index is 244. The minimum atomic E-state index is -0.325. The molecule has 5 nitrogen and oxygen atoms in total. The van der Waals surface area contributed by atoms with E-state index in [4.69, 9.17) is 5.73 Å². The van der Waals surface area contributed by atoms with E-state index in [1.54, 1.807) is 4.90 Å². The molecular weight excluding hydrogens is 182 g/mol. The Kier molecular flexibility index (Phi) is 3.64. The van der Waals surface area contributed by atoms with Gasteiger partial charge in [0.05, 0.1) is 6.54 Å². The van der Waals surface area contributed by atoms with E-state index >= 15 is 0 Å². The van der Waals surface area contributed by atoms with E-state index in [9.17, 15) is 9.59 Å². The highest BCUT2D eigenvalue weighted by Gasteiger charge is 2.19. The van der Waals surface area contributed by atoms with Crippen LogP contribution in [0, 0.1) is 0 Å². The van der Waals surface area contributed by atoms with E-state index in [2.05, 4.69) is 6.58 Å². The zero-order chi connectivity index (χ0) is 10.6. The van der Waals surface area contributed by atoms with Crippen LogP contribution in [-0.4, -0.2) is 54.3 Å². The van der Waals surface area contributed by atoms with Gasteiger partial charge in [0.25, 0.3) is 0 Å². The first-order valence-corrected chi connectivity index (χ1v) is 4.55. The lowest BCUT2D eigenvalue weighted by Crippen LogP contribution is -2.50. The highest BCUT2D eigenvalue weighted by atomic mass is 16.2. The normalized spacial score (nSPS) is 17.9. The van der Waals surface area contributed by atoms with Gasteiger partial charge in [0, 0.05) is 26.2 Å². The van der Waals surface area contributed by atoms with E-state index in [0.29, 0.717) is 26.2 Å². The molecule has 2 N–H and O–H groups in total. The summed E-state index contributed by atoms with van der Waals surface area (Å²) in [6.45, 7) is 6.37. The van der Waals surface area contributed by atoms with Crippen molar-refractivity contribution in [3.63, 3.8) is 0 Å². The van der Waals surface area contributed by atoms with Crippen molar-refractivity contribution in [1.29, 1.82) is 0 Å². The fraction of sp³-hybridized carbons (Fsp3) is 0.556. The number of carbonyl (C=O) groups excluding carboxylic acids is 2. The van der Waals surface area contributed by atoms with Gasteiger partial charge in [-0.1, -0.05) is 6.58 Å². The second kappa shape index (κ2) is 4.76. The summed E-state index contributed by atoms with van der Waals surface area (Å²) in [6.07, 6.45) is 1.31. The first kappa shape index (κ1) is 10.7. The number of nitrogens with two attached hydrogens (primary N) is 1. The monoisotopic (exact) mass is 197 g/mol. The molecule has 14 heavy (non-hydrogen) atoms. The standard InChI is InChI=1S/C9H15N3O2/c1-2-9(14)12-5-3-11(4-6-12)7-8(10)13/h2H,1,3-7H2,(H2,10,13). The number of hydrogen-bond acceptors (Lipinski definition) is 3. The van der Waals surface area contributed by atoms with Crippen molar-refractivity contribution in [1.82, 2.24) is 9.80 Å². The van der Waals surface area contributed by atoms with Crippen LogP contribution in [0.2, 0.25) is 0 Å². The highest BCUT2D eigenvalue weighted by Crippen LogP contribution is 2.01. The molecule has 0 aromatic heterocycles. The minimum Gasteiger partial charge on any atom is -0.369 e. The molecule has 2 amide bonds. The summed E-state index contributed by atoms with van der Waals surface area (Å²) < 4.78 is 0. The zero-order valence-corrected chi connectivity index (χ0v) is 8.11. The summed E-state index contributed by atoms with van der Waals surface area (Å²) in [7, 11) is 0. The lowest BCUT2D eigenvalue weighted by Gasteiger charge is -2.33. The third kappa shape index (κ3) is 2.85. The first-order valence-electron chi connectivity index (χ1n) is 4.55. The molecule has 1 aliphatic rings. The van der Waals surface area contributed by atoms with Crippen molar-refractivity contribution in [3.8, 4) is 0 Å².